The van der Waals surface area contributed by atoms with E-state index in [1.165, 1.54) is 19.2 Å². The summed E-state index contributed by atoms with van der Waals surface area (Å²) in [5, 5.41) is 11.5. The molecule has 0 fully saturated rings. The van der Waals surface area contributed by atoms with Gasteiger partial charge in [-0.15, -0.1) is 0 Å². The Morgan fingerprint density at radius 1 is 1.21 bits per heavy atom. The molecule has 1 amide bonds. The molecular weight excluding hydrogens is 384 g/mol. The molecule has 1 N–H and O–H groups in total. The summed E-state index contributed by atoms with van der Waals surface area (Å²) in [5.41, 5.74) is 1.51. The summed E-state index contributed by atoms with van der Waals surface area (Å²) in [4.78, 5) is 24.2. The van der Waals surface area contributed by atoms with Gasteiger partial charge in [-0.25, -0.2) is 4.79 Å². The standard InChI is InChI=1S/C20H19ClN2O5/c1-3-27-19-16(21)10-14(11-17(19)26-2)20(25)28-12-18(24)23-15-6-4-13(5-7-15)8-9-22/h4-7,10-11H,3,8,12H2,1-2H3,(H,23,24). The Kier molecular flexibility index (Phi) is 7.66. The van der Waals surface area contributed by atoms with E-state index in [1.54, 1.807) is 31.2 Å². The van der Waals surface area contributed by atoms with Gasteiger partial charge in [0, 0.05) is 5.69 Å². The molecule has 0 aliphatic rings. The Balaban J connectivity index is 1.96. The monoisotopic (exact) mass is 402 g/mol. The number of ether oxygens (including phenoxy) is 3. The van der Waals surface area contributed by atoms with Gasteiger partial charge in [0.05, 0.1) is 36.8 Å². The lowest BCUT2D eigenvalue weighted by Gasteiger charge is -2.13. The van der Waals surface area contributed by atoms with Crippen molar-refractivity contribution in [1.29, 1.82) is 5.26 Å². The van der Waals surface area contributed by atoms with E-state index in [-0.39, 0.29) is 10.6 Å². The molecule has 0 saturated heterocycles. The molecule has 0 saturated carbocycles. The molecule has 0 atom stereocenters. The number of hydrogen-bond donors (Lipinski definition) is 1. The van der Waals surface area contributed by atoms with Crippen molar-refractivity contribution in [3.8, 4) is 17.6 Å². The quantitative estimate of drug-likeness (QED) is 0.677. The van der Waals surface area contributed by atoms with Gasteiger partial charge in [-0.2, -0.15) is 5.26 Å². The number of rotatable bonds is 8. The van der Waals surface area contributed by atoms with Gasteiger partial charge in [-0.1, -0.05) is 23.7 Å². The van der Waals surface area contributed by atoms with Crippen molar-refractivity contribution >= 4 is 29.2 Å². The van der Waals surface area contributed by atoms with Gasteiger partial charge in [0.25, 0.3) is 5.91 Å². The summed E-state index contributed by atoms with van der Waals surface area (Å²) in [7, 11) is 1.43. The molecular formula is C20H19ClN2O5. The van der Waals surface area contributed by atoms with Crippen LogP contribution in [0, 0.1) is 11.3 Å². The fourth-order valence-electron chi connectivity index (χ4n) is 2.33. The summed E-state index contributed by atoms with van der Waals surface area (Å²) in [6, 6.07) is 11.7. The second kappa shape index (κ2) is 10.2. The number of nitriles is 1. The second-order valence-corrected chi connectivity index (χ2v) is 5.99. The Hall–Kier alpha value is -3.24. The minimum atomic E-state index is -0.720. The summed E-state index contributed by atoms with van der Waals surface area (Å²) < 4.78 is 15.6. The lowest BCUT2D eigenvalue weighted by molar-refractivity contribution is -0.119. The van der Waals surface area contributed by atoms with Gasteiger partial charge in [0.15, 0.2) is 18.1 Å². The van der Waals surface area contributed by atoms with E-state index in [1.807, 2.05) is 6.07 Å². The van der Waals surface area contributed by atoms with Crippen LogP contribution in [0.3, 0.4) is 0 Å². The second-order valence-electron chi connectivity index (χ2n) is 5.58. The first-order chi connectivity index (χ1) is 13.5. The number of amides is 1. The Morgan fingerprint density at radius 3 is 2.54 bits per heavy atom. The molecule has 0 bridgehead atoms. The highest BCUT2D eigenvalue weighted by atomic mass is 35.5. The van der Waals surface area contributed by atoms with Gasteiger partial charge in [0.1, 0.15) is 0 Å². The number of carbonyl (C=O) groups excluding carboxylic acids is 2. The van der Waals surface area contributed by atoms with E-state index >= 15 is 0 Å². The van der Waals surface area contributed by atoms with E-state index in [4.69, 9.17) is 31.1 Å². The number of anilines is 1. The van der Waals surface area contributed by atoms with Crippen molar-refractivity contribution in [2.75, 3.05) is 25.6 Å². The van der Waals surface area contributed by atoms with Crippen LogP contribution in [-0.4, -0.2) is 32.2 Å². The normalized spacial score (nSPS) is 9.93. The third-order valence-electron chi connectivity index (χ3n) is 3.61. The van der Waals surface area contributed by atoms with Crippen molar-refractivity contribution in [2.45, 2.75) is 13.3 Å². The van der Waals surface area contributed by atoms with Crippen LogP contribution < -0.4 is 14.8 Å². The van der Waals surface area contributed by atoms with Gasteiger partial charge >= 0.3 is 5.97 Å². The first-order valence-electron chi connectivity index (χ1n) is 8.41. The molecule has 0 aliphatic heterocycles. The van der Waals surface area contributed by atoms with Crippen LogP contribution in [0.25, 0.3) is 0 Å². The van der Waals surface area contributed by atoms with Crippen molar-refractivity contribution in [1.82, 2.24) is 0 Å². The number of benzene rings is 2. The predicted molar refractivity (Wildman–Crippen MR) is 104 cm³/mol. The number of carbonyl (C=O) groups is 2. The zero-order valence-electron chi connectivity index (χ0n) is 15.5. The maximum absolute atomic E-state index is 12.2. The van der Waals surface area contributed by atoms with Crippen molar-refractivity contribution in [2.24, 2.45) is 0 Å². The molecule has 0 spiro atoms. The average molecular weight is 403 g/mol. The highest BCUT2D eigenvalue weighted by Crippen LogP contribution is 2.36. The van der Waals surface area contributed by atoms with Crippen LogP contribution in [-0.2, 0) is 16.0 Å². The first kappa shape index (κ1) is 21.1. The Labute approximate surface area is 167 Å². The molecule has 7 nitrogen and oxygen atoms in total. The number of hydrogen-bond acceptors (Lipinski definition) is 6. The van der Waals surface area contributed by atoms with Gasteiger partial charge in [-0.3, -0.25) is 4.79 Å². The van der Waals surface area contributed by atoms with E-state index in [2.05, 4.69) is 5.32 Å². The number of nitrogens with one attached hydrogen (secondary N) is 1. The summed E-state index contributed by atoms with van der Waals surface area (Å²) in [5.74, 6) is -0.586. The predicted octanol–water partition coefficient (Wildman–Crippen LogP) is 3.61. The topological polar surface area (TPSA) is 97.6 Å². The minimum absolute atomic E-state index is 0.138. The number of methoxy groups -OCH3 is 1. The summed E-state index contributed by atoms with van der Waals surface area (Å²) >= 11 is 6.13. The average Bonchev–Trinajstić information content (AvgIpc) is 2.69. The molecule has 2 aromatic rings. The highest BCUT2D eigenvalue weighted by molar-refractivity contribution is 6.32. The van der Waals surface area contributed by atoms with E-state index in [0.29, 0.717) is 30.2 Å². The number of nitrogens with zero attached hydrogens (tertiary/aromatic N) is 1. The fourth-order valence-corrected chi connectivity index (χ4v) is 2.60. The largest absolute Gasteiger partial charge is 0.493 e. The lowest BCUT2D eigenvalue weighted by atomic mass is 10.1. The highest BCUT2D eigenvalue weighted by Gasteiger charge is 2.17. The van der Waals surface area contributed by atoms with Crippen LogP contribution in [0.5, 0.6) is 11.5 Å². The molecule has 28 heavy (non-hydrogen) atoms. The Bertz CT molecular complexity index is 891. The van der Waals surface area contributed by atoms with Gasteiger partial charge in [0.2, 0.25) is 0 Å². The zero-order valence-corrected chi connectivity index (χ0v) is 16.2. The number of halogens is 1. The van der Waals surface area contributed by atoms with Crippen LogP contribution in [0.1, 0.15) is 22.8 Å². The molecule has 2 aromatic carbocycles. The van der Waals surface area contributed by atoms with Crippen molar-refractivity contribution in [3.63, 3.8) is 0 Å². The lowest BCUT2D eigenvalue weighted by Crippen LogP contribution is -2.21. The fraction of sp³-hybridized carbons (Fsp3) is 0.250. The van der Waals surface area contributed by atoms with Crippen molar-refractivity contribution in [3.05, 3.63) is 52.5 Å². The molecule has 0 aromatic heterocycles. The SMILES string of the molecule is CCOc1c(Cl)cc(C(=O)OCC(=O)Nc2ccc(CC#N)cc2)cc1OC. The van der Waals surface area contributed by atoms with Gasteiger partial charge < -0.3 is 19.5 Å². The zero-order chi connectivity index (χ0) is 20.5. The summed E-state index contributed by atoms with van der Waals surface area (Å²) in [6.07, 6.45) is 0.292. The van der Waals surface area contributed by atoms with Crippen molar-refractivity contribution < 1.29 is 23.8 Å². The van der Waals surface area contributed by atoms with Crippen LogP contribution in [0.15, 0.2) is 36.4 Å². The van der Waals surface area contributed by atoms with Crippen LogP contribution in [0.4, 0.5) is 5.69 Å². The van der Waals surface area contributed by atoms with E-state index < -0.39 is 18.5 Å². The Morgan fingerprint density at radius 2 is 1.93 bits per heavy atom. The maximum Gasteiger partial charge on any atom is 0.338 e. The summed E-state index contributed by atoms with van der Waals surface area (Å²) in [6.45, 7) is 1.72. The smallest absolute Gasteiger partial charge is 0.338 e. The van der Waals surface area contributed by atoms with E-state index in [9.17, 15) is 9.59 Å². The minimum Gasteiger partial charge on any atom is -0.493 e. The molecule has 0 radical (unpaired) electrons. The number of esters is 1. The molecule has 8 heteroatoms. The molecule has 2 rings (SSSR count). The molecule has 0 heterocycles. The van der Waals surface area contributed by atoms with Gasteiger partial charge in [-0.05, 0) is 36.8 Å². The molecule has 146 valence electrons. The third-order valence-corrected chi connectivity index (χ3v) is 3.89. The van der Waals surface area contributed by atoms with E-state index in [0.717, 1.165) is 5.56 Å². The van der Waals surface area contributed by atoms with Crippen LogP contribution in [0.2, 0.25) is 5.02 Å². The molecule has 0 aliphatic carbocycles. The van der Waals surface area contributed by atoms with Crippen LogP contribution >= 0.6 is 11.6 Å². The first-order valence-corrected chi connectivity index (χ1v) is 8.79. The maximum atomic E-state index is 12.2. The third kappa shape index (κ3) is 5.63. The molecule has 0 unspecified atom stereocenters.